The highest BCUT2D eigenvalue weighted by Crippen LogP contribution is 2.25. The third kappa shape index (κ3) is 4.20. The van der Waals surface area contributed by atoms with Gasteiger partial charge in [0, 0.05) is 24.5 Å². The zero-order valence-corrected chi connectivity index (χ0v) is 13.8. The van der Waals surface area contributed by atoms with Crippen LogP contribution in [0.5, 0.6) is 0 Å². The van der Waals surface area contributed by atoms with Crippen LogP contribution in [0, 0.1) is 20.8 Å². The Morgan fingerprint density at radius 1 is 1.24 bits per heavy atom. The van der Waals surface area contributed by atoms with Crippen molar-refractivity contribution in [2.75, 3.05) is 19.6 Å². The molecule has 0 aliphatic rings. The van der Waals surface area contributed by atoms with Gasteiger partial charge in [-0.15, -0.1) is 0 Å². The van der Waals surface area contributed by atoms with Crippen LogP contribution in [-0.4, -0.2) is 32.4 Å². The van der Waals surface area contributed by atoms with Gasteiger partial charge in [0.05, 0.1) is 4.90 Å². The van der Waals surface area contributed by atoms with Gasteiger partial charge in [-0.05, 0) is 43.9 Å². The minimum Gasteiger partial charge on any atom is -0.207 e. The molecule has 0 saturated heterocycles. The van der Waals surface area contributed by atoms with E-state index in [1.54, 1.807) is 0 Å². The quantitative estimate of drug-likeness (QED) is 0.335. The molecule has 0 aromatic heterocycles. The molecule has 0 fully saturated rings. The predicted octanol–water partition coefficient (Wildman–Crippen LogP) is 3.32. The number of benzene rings is 1. The fourth-order valence-electron chi connectivity index (χ4n) is 2.51. The Labute approximate surface area is 126 Å². The number of sulfonamides is 1. The molecule has 0 aliphatic heterocycles. The van der Waals surface area contributed by atoms with Crippen molar-refractivity contribution in [3.63, 3.8) is 0 Å². The van der Waals surface area contributed by atoms with Crippen LogP contribution in [0.15, 0.2) is 22.1 Å². The largest absolute Gasteiger partial charge is 0.243 e. The second kappa shape index (κ2) is 7.45. The molecule has 1 rings (SSSR count). The maximum atomic E-state index is 12.8. The van der Waals surface area contributed by atoms with Crippen molar-refractivity contribution in [2.45, 2.75) is 39.0 Å². The van der Waals surface area contributed by atoms with Gasteiger partial charge in [0.15, 0.2) is 0 Å². The molecular weight excluding hydrogens is 288 g/mol. The van der Waals surface area contributed by atoms with Crippen LogP contribution >= 0.6 is 0 Å². The van der Waals surface area contributed by atoms with E-state index in [0.29, 0.717) is 31.0 Å². The van der Waals surface area contributed by atoms with E-state index < -0.39 is 10.0 Å². The van der Waals surface area contributed by atoms with E-state index in [1.165, 1.54) is 4.31 Å². The fraction of sp³-hybridized carbons (Fsp3) is 0.571. The molecule has 6 nitrogen and oxygen atoms in total. The lowest BCUT2D eigenvalue weighted by atomic mass is 10.1. The first-order chi connectivity index (χ1) is 9.84. The standard InChI is InChI=1S/C14H22N4O2S/c1-5-18(8-6-7-16-17-15)21(19,20)14-12(3)9-11(2)10-13(14)4/h9-10H,5-8H2,1-4H3. The fourth-order valence-corrected chi connectivity index (χ4v) is 4.41. The SMILES string of the molecule is CCN(CCCN=[N+]=[N-])S(=O)(=O)c1c(C)cc(C)cc1C. The molecule has 0 amide bonds. The number of azide groups is 1. The molecule has 1 aromatic carbocycles. The van der Waals surface area contributed by atoms with E-state index >= 15 is 0 Å². The minimum absolute atomic E-state index is 0.300. The summed E-state index contributed by atoms with van der Waals surface area (Å²) in [5.74, 6) is 0. The van der Waals surface area contributed by atoms with Gasteiger partial charge < -0.3 is 0 Å². The van der Waals surface area contributed by atoms with Gasteiger partial charge in [0.2, 0.25) is 10.0 Å². The molecule has 7 heteroatoms. The molecular formula is C14H22N4O2S. The zero-order chi connectivity index (χ0) is 16.0. The third-order valence-electron chi connectivity index (χ3n) is 3.28. The lowest BCUT2D eigenvalue weighted by Crippen LogP contribution is -2.33. The van der Waals surface area contributed by atoms with E-state index in [9.17, 15) is 8.42 Å². The highest BCUT2D eigenvalue weighted by atomic mass is 32.2. The van der Waals surface area contributed by atoms with Crippen molar-refractivity contribution in [1.29, 1.82) is 0 Å². The van der Waals surface area contributed by atoms with Crippen molar-refractivity contribution in [3.05, 3.63) is 39.3 Å². The Hall–Kier alpha value is -1.56. The topological polar surface area (TPSA) is 86.1 Å². The van der Waals surface area contributed by atoms with Gasteiger partial charge in [0.25, 0.3) is 0 Å². The molecule has 0 N–H and O–H groups in total. The number of hydrogen-bond acceptors (Lipinski definition) is 3. The molecule has 0 atom stereocenters. The van der Waals surface area contributed by atoms with Crippen LogP contribution in [0.3, 0.4) is 0 Å². The highest BCUT2D eigenvalue weighted by Gasteiger charge is 2.26. The van der Waals surface area contributed by atoms with E-state index in [4.69, 9.17) is 5.53 Å². The Balaban J connectivity index is 3.10. The van der Waals surface area contributed by atoms with Gasteiger partial charge >= 0.3 is 0 Å². The number of hydrogen-bond donors (Lipinski definition) is 0. The summed E-state index contributed by atoms with van der Waals surface area (Å²) in [5.41, 5.74) is 10.8. The summed E-state index contributed by atoms with van der Waals surface area (Å²) in [4.78, 5) is 3.06. The summed E-state index contributed by atoms with van der Waals surface area (Å²) in [6, 6.07) is 3.77. The van der Waals surface area contributed by atoms with Crippen LogP contribution in [0.2, 0.25) is 0 Å². The minimum atomic E-state index is -3.52. The first kappa shape index (κ1) is 17.5. The number of nitrogens with zero attached hydrogens (tertiary/aromatic N) is 4. The van der Waals surface area contributed by atoms with E-state index in [-0.39, 0.29) is 0 Å². The molecule has 0 radical (unpaired) electrons. The van der Waals surface area contributed by atoms with Crippen LogP contribution in [0.4, 0.5) is 0 Å². The maximum Gasteiger partial charge on any atom is 0.243 e. The van der Waals surface area contributed by atoms with Crippen molar-refractivity contribution < 1.29 is 8.42 Å². The smallest absolute Gasteiger partial charge is 0.207 e. The third-order valence-corrected chi connectivity index (χ3v) is 5.56. The van der Waals surface area contributed by atoms with Crippen molar-refractivity contribution in [3.8, 4) is 0 Å². The Kier molecular flexibility index (Phi) is 6.20. The van der Waals surface area contributed by atoms with E-state index in [1.807, 2.05) is 39.8 Å². The van der Waals surface area contributed by atoms with Crippen LogP contribution < -0.4 is 0 Å². The molecule has 0 heterocycles. The first-order valence-electron chi connectivity index (χ1n) is 6.93. The molecule has 0 bridgehead atoms. The summed E-state index contributed by atoms with van der Waals surface area (Å²) in [6.45, 7) is 8.45. The van der Waals surface area contributed by atoms with Crippen molar-refractivity contribution >= 4 is 10.0 Å². The van der Waals surface area contributed by atoms with Gasteiger partial charge in [-0.1, -0.05) is 29.7 Å². The summed E-state index contributed by atoms with van der Waals surface area (Å²) in [7, 11) is -3.52. The average molecular weight is 310 g/mol. The van der Waals surface area contributed by atoms with Crippen LogP contribution in [0.1, 0.15) is 30.0 Å². The Morgan fingerprint density at radius 2 is 1.81 bits per heavy atom. The molecule has 21 heavy (non-hydrogen) atoms. The lowest BCUT2D eigenvalue weighted by Gasteiger charge is -2.22. The van der Waals surface area contributed by atoms with Gasteiger partial charge in [-0.2, -0.15) is 4.31 Å². The first-order valence-corrected chi connectivity index (χ1v) is 8.37. The van der Waals surface area contributed by atoms with E-state index in [2.05, 4.69) is 10.0 Å². The lowest BCUT2D eigenvalue weighted by molar-refractivity contribution is 0.422. The van der Waals surface area contributed by atoms with Crippen molar-refractivity contribution in [2.24, 2.45) is 5.11 Å². The summed E-state index contributed by atoms with van der Waals surface area (Å²) in [5, 5.41) is 3.44. The number of aryl methyl sites for hydroxylation is 3. The molecule has 1 aromatic rings. The Bertz CT molecular complexity index is 626. The highest BCUT2D eigenvalue weighted by molar-refractivity contribution is 7.89. The van der Waals surface area contributed by atoms with Crippen molar-refractivity contribution in [1.82, 2.24) is 4.31 Å². The Morgan fingerprint density at radius 3 is 2.29 bits per heavy atom. The molecule has 0 saturated carbocycles. The summed E-state index contributed by atoms with van der Waals surface area (Å²) in [6.07, 6.45) is 0.515. The number of rotatable bonds is 7. The van der Waals surface area contributed by atoms with Gasteiger partial charge in [0.1, 0.15) is 0 Å². The zero-order valence-electron chi connectivity index (χ0n) is 13.0. The van der Waals surface area contributed by atoms with E-state index in [0.717, 1.165) is 16.7 Å². The van der Waals surface area contributed by atoms with Crippen LogP contribution in [0.25, 0.3) is 10.4 Å². The molecule has 0 aliphatic carbocycles. The second-order valence-electron chi connectivity index (χ2n) is 5.03. The summed E-state index contributed by atoms with van der Waals surface area (Å²) >= 11 is 0. The average Bonchev–Trinajstić information content (AvgIpc) is 2.36. The predicted molar refractivity (Wildman–Crippen MR) is 83.7 cm³/mol. The normalized spacial score (nSPS) is 11.5. The summed E-state index contributed by atoms with van der Waals surface area (Å²) < 4.78 is 27.0. The second-order valence-corrected chi connectivity index (χ2v) is 6.91. The van der Waals surface area contributed by atoms with Gasteiger partial charge in [-0.3, -0.25) is 0 Å². The maximum absolute atomic E-state index is 12.8. The molecule has 0 spiro atoms. The molecule has 0 unspecified atom stereocenters. The molecule has 116 valence electrons. The monoisotopic (exact) mass is 310 g/mol. The van der Waals surface area contributed by atoms with Gasteiger partial charge in [-0.25, -0.2) is 8.42 Å². The van der Waals surface area contributed by atoms with Crippen LogP contribution in [-0.2, 0) is 10.0 Å².